The molecule has 6 heteroatoms. The summed E-state index contributed by atoms with van der Waals surface area (Å²) in [5, 5.41) is 2.93. The number of anilines is 1. The molecule has 148 valence electrons. The molecule has 28 heavy (non-hydrogen) atoms. The van der Waals surface area contributed by atoms with E-state index in [2.05, 4.69) is 5.32 Å². The summed E-state index contributed by atoms with van der Waals surface area (Å²) in [6.07, 6.45) is 0.845. The third kappa shape index (κ3) is 4.11. The average Bonchev–Trinajstić information content (AvgIpc) is 3.10. The van der Waals surface area contributed by atoms with Gasteiger partial charge in [0.05, 0.1) is 12.8 Å². The van der Waals surface area contributed by atoms with E-state index < -0.39 is 11.6 Å². The van der Waals surface area contributed by atoms with Crippen molar-refractivity contribution < 1.29 is 19.1 Å². The van der Waals surface area contributed by atoms with E-state index >= 15 is 0 Å². The predicted molar refractivity (Wildman–Crippen MR) is 107 cm³/mol. The molecular weight excluding hydrogens is 356 g/mol. The molecule has 1 saturated heterocycles. The molecule has 0 aliphatic carbocycles. The second-order valence-corrected chi connectivity index (χ2v) is 7.23. The molecule has 2 aromatic rings. The molecule has 1 fully saturated rings. The lowest BCUT2D eigenvalue weighted by Crippen LogP contribution is -2.53. The van der Waals surface area contributed by atoms with Gasteiger partial charge in [0.25, 0.3) is 0 Å². The molecule has 0 bridgehead atoms. The van der Waals surface area contributed by atoms with E-state index in [-0.39, 0.29) is 12.5 Å². The van der Waals surface area contributed by atoms with Crippen molar-refractivity contribution in [1.82, 2.24) is 4.90 Å². The molecule has 0 spiro atoms. The van der Waals surface area contributed by atoms with Gasteiger partial charge in [-0.3, -0.25) is 9.69 Å². The Balaban J connectivity index is 1.71. The first-order valence-electron chi connectivity index (χ1n) is 9.38. The van der Waals surface area contributed by atoms with E-state index in [1.54, 1.807) is 14.0 Å². The van der Waals surface area contributed by atoms with E-state index in [0.29, 0.717) is 24.4 Å². The number of amides is 2. The lowest BCUT2D eigenvalue weighted by atomic mass is 9.97. The highest BCUT2D eigenvalue weighted by Gasteiger charge is 2.46. The molecule has 2 amide bonds. The fourth-order valence-corrected chi connectivity index (χ4v) is 3.47. The summed E-state index contributed by atoms with van der Waals surface area (Å²) in [6, 6.07) is 15.1. The van der Waals surface area contributed by atoms with E-state index in [4.69, 9.17) is 9.47 Å². The zero-order valence-corrected chi connectivity index (χ0v) is 16.5. The molecule has 3 rings (SSSR count). The van der Waals surface area contributed by atoms with Crippen molar-refractivity contribution in [3.63, 3.8) is 0 Å². The van der Waals surface area contributed by atoms with Gasteiger partial charge in [-0.25, -0.2) is 4.79 Å². The molecule has 1 atom stereocenters. The highest BCUT2D eigenvalue weighted by atomic mass is 16.6. The topological polar surface area (TPSA) is 67.9 Å². The van der Waals surface area contributed by atoms with E-state index in [1.807, 2.05) is 55.5 Å². The number of hydrogen-bond acceptors (Lipinski definition) is 4. The molecule has 1 unspecified atom stereocenters. The summed E-state index contributed by atoms with van der Waals surface area (Å²) in [7, 11) is 1.56. The molecule has 1 aliphatic rings. The number of hydrogen-bond donors (Lipinski definition) is 1. The quantitative estimate of drug-likeness (QED) is 0.844. The molecule has 6 nitrogen and oxygen atoms in total. The summed E-state index contributed by atoms with van der Waals surface area (Å²) in [5.74, 6) is 0.337. The lowest BCUT2D eigenvalue weighted by molar-refractivity contribution is -0.125. The van der Waals surface area contributed by atoms with E-state index in [9.17, 15) is 9.59 Å². The summed E-state index contributed by atoms with van der Waals surface area (Å²) in [4.78, 5) is 27.3. The standard InChI is InChI=1S/C22H26N2O4/c1-16-10-11-19(27-3)18(14-16)23-20(25)22(2)12-7-13-24(22)21(26)28-15-17-8-5-4-6-9-17/h4-6,8-11,14H,7,12-13,15H2,1-3H3,(H,23,25). The molecule has 2 aromatic carbocycles. The summed E-state index contributed by atoms with van der Waals surface area (Å²) < 4.78 is 10.8. The van der Waals surface area contributed by atoms with Crippen LogP contribution in [0.3, 0.4) is 0 Å². The van der Waals surface area contributed by atoms with Crippen LogP contribution in [0.5, 0.6) is 5.75 Å². The van der Waals surface area contributed by atoms with Gasteiger partial charge in [-0.05, 0) is 49.9 Å². The molecule has 0 aromatic heterocycles. The SMILES string of the molecule is COc1ccc(C)cc1NC(=O)C1(C)CCCN1C(=O)OCc1ccccc1. The molecule has 1 heterocycles. The van der Waals surface area contributed by atoms with Gasteiger partial charge < -0.3 is 14.8 Å². The van der Waals surface area contributed by atoms with Crippen LogP contribution in [-0.2, 0) is 16.1 Å². The van der Waals surface area contributed by atoms with Crippen LogP contribution in [0.1, 0.15) is 30.9 Å². The number of ether oxygens (including phenoxy) is 2. The largest absolute Gasteiger partial charge is 0.495 e. The van der Waals surface area contributed by atoms with Gasteiger partial charge in [0.2, 0.25) is 5.91 Å². The van der Waals surface area contributed by atoms with Crippen molar-refractivity contribution in [1.29, 1.82) is 0 Å². The first-order chi connectivity index (χ1) is 13.4. The Morgan fingerprint density at radius 3 is 2.64 bits per heavy atom. The van der Waals surface area contributed by atoms with Gasteiger partial charge in [-0.15, -0.1) is 0 Å². The summed E-state index contributed by atoms with van der Waals surface area (Å²) in [6.45, 7) is 4.39. The Morgan fingerprint density at radius 2 is 1.93 bits per heavy atom. The van der Waals surface area contributed by atoms with Gasteiger partial charge in [-0.1, -0.05) is 36.4 Å². The second-order valence-electron chi connectivity index (χ2n) is 7.23. The fourth-order valence-electron chi connectivity index (χ4n) is 3.47. The number of carbonyl (C=O) groups is 2. The van der Waals surface area contributed by atoms with Gasteiger partial charge in [-0.2, -0.15) is 0 Å². The Morgan fingerprint density at radius 1 is 1.18 bits per heavy atom. The number of methoxy groups -OCH3 is 1. The van der Waals surface area contributed by atoms with Crippen molar-refractivity contribution in [3.8, 4) is 5.75 Å². The predicted octanol–water partition coefficient (Wildman–Crippen LogP) is 4.13. The Kier molecular flexibility index (Phi) is 5.87. The minimum atomic E-state index is -0.970. The Hall–Kier alpha value is -3.02. The summed E-state index contributed by atoms with van der Waals surface area (Å²) >= 11 is 0. The van der Waals surface area contributed by atoms with Crippen LogP contribution in [0.25, 0.3) is 0 Å². The first-order valence-corrected chi connectivity index (χ1v) is 9.38. The maximum atomic E-state index is 13.1. The highest BCUT2D eigenvalue weighted by Crippen LogP contribution is 2.33. The third-order valence-electron chi connectivity index (χ3n) is 5.16. The minimum Gasteiger partial charge on any atom is -0.495 e. The monoisotopic (exact) mass is 382 g/mol. The van der Waals surface area contributed by atoms with Gasteiger partial charge in [0.15, 0.2) is 0 Å². The van der Waals surface area contributed by atoms with Crippen LogP contribution < -0.4 is 10.1 Å². The molecular formula is C22H26N2O4. The molecule has 1 aliphatic heterocycles. The smallest absolute Gasteiger partial charge is 0.410 e. The number of rotatable bonds is 5. The maximum absolute atomic E-state index is 13.1. The normalized spacial score (nSPS) is 18.6. The first kappa shape index (κ1) is 19.7. The molecule has 0 radical (unpaired) electrons. The third-order valence-corrected chi connectivity index (χ3v) is 5.16. The van der Waals surface area contributed by atoms with Crippen LogP contribution >= 0.6 is 0 Å². The summed E-state index contributed by atoms with van der Waals surface area (Å²) in [5.41, 5.74) is 1.54. The number of nitrogens with zero attached hydrogens (tertiary/aromatic N) is 1. The van der Waals surface area contributed by atoms with Crippen molar-refractivity contribution in [2.45, 2.75) is 38.8 Å². The fraction of sp³-hybridized carbons (Fsp3) is 0.364. The maximum Gasteiger partial charge on any atom is 0.410 e. The number of nitrogens with one attached hydrogen (secondary N) is 1. The Labute approximate surface area is 165 Å². The van der Waals surface area contributed by atoms with Crippen molar-refractivity contribution in [3.05, 3.63) is 59.7 Å². The highest BCUT2D eigenvalue weighted by molar-refractivity contribution is 6.01. The van der Waals surface area contributed by atoms with Crippen LogP contribution in [0.15, 0.2) is 48.5 Å². The van der Waals surface area contributed by atoms with Gasteiger partial charge in [0, 0.05) is 6.54 Å². The number of benzene rings is 2. The number of aryl methyl sites for hydroxylation is 1. The van der Waals surface area contributed by atoms with Crippen LogP contribution in [0.4, 0.5) is 10.5 Å². The minimum absolute atomic E-state index is 0.180. The number of likely N-dealkylation sites (tertiary alicyclic amines) is 1. The zero-order valence-electron chi connectivity index (χ0n) is 16.5. The van der Waals surface area contributed by atoms with Crippen LogP contribution in [-0.4, -0.2) is 36.1 Å². The van der Waals surface area contributed by atoms with Gasteiger partial charge in [0.1, 0.15) is 17.9 Å². The van der Waals surface area contributed by atoms with Crippen LogP contribution in [0, 0.1) is 6.92 Å². The molecule has 0 saturated carbocycles. The Bertz CT molecular complexity index is 853. The van der Waals surface area contributed by atoms with E-state index in [1.165, 1.54) is 4.90 Å². The molecule has 1 N–H and O–H groups in total. The second kappa shape index (κ2) is 8.33. The zero-order chi connectivity index (χ0) is 20.1. The average molecular weight is 382 g/mol. The van der Waals surface area contributed by atoms with Gasteiger partial charge >= 0.3 is 6.09 Å². The van der Waals surface area contributed by atoms with Crippen LogP contribution in [0.2, 0.25) is 0 Å². The van der Waals surface area contributed by atoms with Crippen molar-refractivity contribution >= 4 is 17.7 Å². The van der Waals surface area contributed by atoms with Crippen molar-refractivity contribution in [2.75, 3.05) is 19.0 Å². The lowest BCUT2D eigenvalue weighted by Gasteiger charge is -2.33. The van der Waals surface area contributed by atoms with E-state index in [0.717, 1.165) is 17.5 Å². The van der Waals surface area contributed by atoms with Crippen molar-refractivity contribution in [2.24, 2.45) is 0 Å². The number of carbonyl (C=O) groups excluding carboxylic acids is 2.